The molecule has 3 rings (SSSR count). The molecule has 2 aromatic carbocycles. The third-order valence-electron chi connectivity index (χ3n) is 4.68. The van der Waals surface area contributed by atoms with E-state index in [2.05, 4.69) is 0 Å². The van der Waals surface area contributed by atoms with Crippen LogP contribution in [0.3, 0.4) is 0 Å². The van der Waals surface area contributed by atoms with E-state index in [0.717, 1.165) is 12.1 Å². The summed E-state index contributed by atoms with van der Waals surface area (Å²) in [5.41, 5.74) is 0.854. The van der Waals surface area contributed by atoms with Gasteiger partial charge in [-0.15, -0.1) is 0 Å². The Kier molecular flexibility index (Phi) is 5.72. The van der Waals surface area contributed by atoms with Crippen molar-refractivity contribution in [3.8, 4) is 17.2 Å². The number of alkyl halides is 3. The van der Waals surface area contributed by atoms with Crippen LogP contribution in [0.15, 0.2) is 36.4 Å². The van der Waals surface area contributed by atoms with E-state index in [-0.39, 0.29) is 0 Å². The normalized spacial score (nSPS) is 13.5. The highest BCUT2D eigenvalue weighted by atomic mass is 19.4. The highest BCUT2D eigenvalue weighted by Crippen LogP contribution is 2.39. The monoisotopic (exact) mass is 407 g/mol. The Morgan fingerprint density at radius 3 is 2.24 bits per heavy atom. The van der Waals surface area contributed by atoms with Gasteiger partial charge < -0.3 is 19.1 Å². The molecule has 154 valence electrons. The van der Waals surface area contributed by atoms with Gasteiger partial charge in [0.1, 0.15) is 0 Å². The summed E-state index contributed by atoms with van der Waals surface area (Å²) in [5, 5.41) is 0. The zero-order valence-electron chi connectivity index (χ0n) is 16.2. The number of rotatable bonds is 5. The molecule has 1 amide bonds. The first-order chi connectivity index (χ1) is 13.8. The van der Waals surface area contributed by atoms with Crippen molar-refractivity contribution >= 4 is 17.7 Å². The molecular formula is C21H20F3NO4. The summed E-state index contributed by atoms with van der Waals surface area (Å²) in [4.78, 5) is 14.0. The molecule has 0 spiro atoms. The molecule has 1 heterocycles. The number of hydrogen-bond donors (Lipinski definition) is 0. The third kappa shape index (κ3) is 4.16. The second-order valence-electron chi connectivity index (χ2n) is 6.37. The molecule has 0 radical (unpaired) electrons. The zero-order valence-corrected chi connectivity index (χ0v) is 16.2. The minimum Gasteiger partial charge on any atom is -0.493 e. The van der Waals surface area contributed by atoms with Crippen molar-refractivity contribution in [3.63, 3.8) is 0 Å². The number of carbonyl (C=O) groups excluding carboxylic acids is 1. The first-order valence-corrected chi connectivity index (χ1v) is 8.78. The van der Waals surface area contributed by atoms with Gasteiger partial charge in [0, 0.05) is 18.3 Å². The maximum atomic E-state index is 13.0. The molecule has 1 aliphatic rings. The number of methoxy groups -OCH3 is 3. The zero-order chi connectivity index (χ0) is 21.2. The Hall–Kier alpha value is -3.16. The van der Waals surface area contributed by atoms with E-state index < -0.39 is 17.6 Å². The molecule has 29 heavy (non-hydrogen) atoms. The van der Waals surface area contributed by atoms with Crippen LogP contribution in [0, 0.1) is 0 Å². The van der Waals surface area contributed by atoms with E-state index in [1.165, 1.54) is 38.4 Å². The molecular weight excluding hydrogens is 387 g/mol. The van der Waals surface area contributed by atoms with E-state index in [1.807, 2.05) is 0 Å². The van der Waals surface area contributed by atoms with Crippen LogP contribution in [0.1, 0.15) is 16.7 Å². The minimum absolute atomic E-state index is 0.291. The number of carbonyl (C=O) groups is 1. The number of fused-ring (bicyclic) bond motifs is 1. The lowest BCUT2D eigenvalue weighted by molar-refractivity contribution is -0.137. The molecule has 5 nitrogen and oxygen atoms in total. The Labute approximate surface area is 166 Å². The molecule has 0 fully saturated rings. The molecule has 0 saturated heterocycles. The molecule has 0 bridgehead atoms. The summed E-state index contributed by atoms with van der Waals surface area (Å²) in [6.45, 7) is 0.328. The number of anilines is 1. The van der Waals surface area contributed by atoms with E-state index in [9.17, 15) is 18.0 Å². The SMILES string of the molecule is COc1cc(/C=C/C(=O)N2CCc3ccc(C(F)(F)F)cc32)cc(OC)c1OC. The van der Waals surface area contributed by atoms with E-state index in [4.69, 9.17) is 14.2 Å². The van der Waals surface area contributed by atoms with Crippen molar-refractivity contribution in [3.05, 3.63) is 53.1 Å². The largest absolute Gasteiger partial charge is 0.493 e. The summed E-state index contributed by atoms with van der Waals surface area (Å²) in [7, 11) is 4.45. The number of ether oxygens (including phenoxy) is 3. The van der Waals surface area contributed by atoms with Crippen LogP contribution in [-0.2, 0) is 17.4 Å². The fourth-order valence-corrected chi connectivity index (χ4v) is 3.24. The molecule has 0 N–H and O–H groups in total. The fourth-order valence-electron chi connectivity index (χ4n) is 3.24. The summed E-state index contributed by atoms with van der Waals surface area (Å²) in [6.07, 6.45) is -1.08. The topological polar surface area (TPSA) is 48.0 Å². The molecule has 0 unspecified atom stereocenters. The van der Waals surface area contributed by atoms with Crippen molar-refractivity contribution in [2.45, 2.75) is 12.6 Å². The van der Waals surface area contributed by atoms with Crippen LogP contribution in [0.2, 0.25) is 0 Å². The van der Waals surface area contributed by atoms with E-state index in [0.29, 0.717) is 47.0 Å². The van der Waals surface area contributed by atoms with Gasteiger partial charge in [-0.25, -0.2) is 0 Å². The number of halogens is 3. The quantitative estimate of drug-likeness (QED) is 0.692. The van der Waals surface area contributed by atoms with Crippen molar-refractivity contribution in [1.82, 2.24) is 0 Å². The highest BCUT2D eigenvalue weighted by molar-refractivity contribution is 6.05. The summed E-state index contributed by atoms with van der Waals surface area (Å²) < 4.78 is 54.8. The van der Waals surface area contributed by atoms with Crippen LogP contribution in [-0.4, -0.2) is 33.8 Å². The Balaban J connectivity index is 1.87. The van der Waals surface area contributed by atoms with Crippen molar-refractivity contribution < 1.29 is 32.2 Å². The van der Waals surface area contributed by atoms with E-state index >= 15 is 0 Å². The standard InChI is InChI=1S/C21H20F3NO4/c1-27-17-10-13(11-18(28-2)20(17)29-3)4-7-19(26)25-9-8-14-5-6-15(12-16(14)25)21(22,23)24/h4-7,10-12H,8-9H2,1-3H3/b7-4+. The molecule has 0 aliphatic carbocycles. The van der Waals surface area contributed by atoms with Gasteiger partial charge in [-0.1, -0.05) is 6.07 Å². The highest BCUT2D eigenvalue weighted by Gasteiger charge is 2.33. The Morgan fingerprint density at radius 1 is 1.03 bits per heavy atom. The molecule has 0 saturated carbocycles. The predicted molar refractivity (Wildman–Crippen MR) is 103 cm³/mol. The lowest BCUT2D eigenvalue weighted by Gasteiger charge is -2.17. The Morgan fingerprint density at radius 2 is 1.69 bits per heavy atom. The van der Waals surface area contributed by atoms with Crippen LogP contribution in [0.4, 0.5) is 18.9 Å². The van der Waals surface area contributed by atoms with Crippen molar-refractivity contribution in [2.75, 3.05) is 32.8 Å². The summed E-state index contributed by atoms with van der Waals surface area (Å²) in [6, 6.07) is 6.83. The third-order valence-corrected chi connectivity index (χ3v) is 4.68. The first-order valence-electron chi connectivity index (χ1n) is 8.78. The van der Waals surface area contributed by atoms with Crippen LogP contribution in [0.25, 0.3) is 6.08 Å². The van der Waals surface area contributed by atoms with Crippen LogP contribution >= 0.6 is 0 Å². The van der Waals surface area contributed by atoms with Crippen LogP contribution in [0.5, 0.6) is 17.2 Å². The van der Waals surface area contributed by atoms with Gasteiger partial charge in [0.2, 0.25) is 5.75 Å². The lowest BCUT2D eigenvalue weighted by Crippen LogP contribution is -2.27. The van der Waals surface area contributed by atoms with Gasteiger partial charge in [0.25, 0.3) is 5.91 Å². The number of nitrogens with zero attached hydrogens (tertiary/aromatic N) is 1. The maximum Gasteiger partial charge on any atom is 0.416 e. The van der Waals surface area contributed by atoms with Gasteiger partial charge in [-0.3, -0.25) is 4.79 Å². The van der Waals surface area contributed by atoms with Gasteiger partial charge >= 0.3 is 6.18 Å². The molecule has 1 aliphatic heterocycles. The summed E-state index contributed by atoms with van der Waals surface area (Å²) in [5.74, 6) is 0.879. The number of benzene rings is 2. The van der Waals surface area contributed by atoms with Gasteiger partial charge in [-0.2, -0.15) is 13.2 Å². The molecule has 2 aromatic rings. The molecule has 0 aromatic heterocycles. The van der Waals surface area contributed by atoms with Gasteiger partial charge in [0.15, 0.2) is 11.5 Å². The summed E-state index contributed by atoms with van der Waals surface area (Å²) >= 11 is 0. The maximum absolute atomic E-state index is 13.0. The minimum atomic E-state index is -4.46. The van der Waals surface area contributed by atoms with Gasteiger partial charge in [-0.05, 0) is 47.9 Å². The number of amides is 1. The lowest BCUT2D eigenvalue weighted by atomic mass is 10.1. The second kappa shape index (κ2) is 8.06. The Bertz CT molecular complexity index is 928. The fraction of sp³-hybridized carbons (Fsp3) is 0.286. The van der Waals surface area contributed by atoms with Gasteiger partial charge in [0.05, 0.1) is 26.9 Å². The molecule has 0 atom stereocenters. The average Bonchev–Trinajstić information content (AvgIpc) is 3.13. The average molecular weight is 407 g/mol. The second-order valence-corrected chi connectivity index (χ2v) is 6.37. The smallest absolute Gasteiger partial charge is 0.416 e. The molecule has 8 heteroatoms. The predicted octanol–water partition coefficient (Wildman–Crippen LogP) is 4.33. The van der Waals surface area contributed by atoms with Crippen LogP contribution < -0.4 is 19.1 Å². The van der Waals surface area contributed by atoms with E-state index in [1.54, 1.807) is 18.2 Å². The number of hydrogen-bond acceptors (Lipinski definition) is 4. The van der Waals surface area contributed by atoms with Crippen molar-refractivity contribution in [1.29, 1.82) is 0 Å². The van der Waals surface area contributed by atoms with Crippen molar-refractivity contribution in [2.24, 2.45) is 0 Å². The first kappa shape index (κ1) is 20.6.